The lowest BCUT2D eigenvalue weighted by molar-refractivity contribution is -0.0867. The van der Waals surface area contributed by atoms with Crippen molar-refractivity contribution in [2.24, 2.45) is 5.73 Å². The molecule has 0 unspecified atom stereocenters. The minimum atomic E-state index is -2.83. The summed E-state index contributed by atoms with van der Waals surface area (Å²) in [6.07, 6.45) is 4.30. The Labute approximate surface area is 123 Å². The van der Waals surface area contributed by atoms with E-state index in [2.05, 4.69) is 16.2 Å². The molecule has 2 N–H and O–H groups in total. The number of rotatable bonds is 6. The molecule has 0 saturated carbocycles. The Morgan fingerprint density at radius 2 is 1.90 bits per heavy atom. The van der Waals surface area contributed by atoms with Crippen molar-refractivity contribution in [2.75, 3.05) is 39.4 Å². The summed E-state index contributed by atoms with van der Waals surface area (Å²) in [6.45, 7) is 5.53. The summed E-state index contributed by atoms with van der Waals surface area (Å²) in [4.78, 5) is 4.36. The fourth-order valence-electron chi connectivity index (χ4n) is 2.31. The molecule has 2 fully saturated rings. The van der Waals surface area contributed by atoms with Gasteiger partial charge in [-0.1, -0.05) is 6.58 Å². The average molecular weight is 301 g/mol. The Hall–Kier alpha value is -1.60. The molecule has 7 heteroatoms. The molecule has 0 amide bonds. The smallest absolute Gasteiger partial charge is 0.387 e. The molecule has 0 aromatic carbocycles. The highest BCUT2D eigenvalue weighted by Crippen LogP contribution is 2.17. The van der Waals surface area contributed by atoms with Gasteiger partial charge in [-0.3, -0.25) is 4.90 Å². The van der Waals surface area contributed by atoms with E-state index < -0.39 is 6.61 Å². The summed E-state index contributed by atoms with van der Waals surface area (Å²) in [5.74, 6) is 0. The Morgan fingerprint density at radius 1 is 1.24 bits per heavy atom. The molecule has 21 heavy (non-hydrogen) atoms. The van der Waals surface area contributed by atoms with Gasteiger partial charge in [-0.05, 0) is 12.2 Å². The fourth-order valence-corrected chi connectivity index (χ4v) is 2.31. The standard InChI is InChI=1S/C14H21F2N3O2/c1-11(17)2-3-12(10-21-14(15)16)18-4-6-19(7-5-18)13-8-20-9-13/h2-3,10,13-14H,1,4-9,17H2/b3-2-,12-10-. The van der Waals surface area contributed by atoms with Crippen molar-refractivity contribution in [3.05, 3.63) is 36.4 Å². The zero-order valence-corrected chi connectivity index (χ0v) is 11.9. The molecule has 2 saturated heterocycles. The van der Waals surface area contributed by atoms with Gasteiger partial charge in [-0.2, -0.15) is 8.78 Å². The van der Waals surface area contributed by atoms with E-state index in [1.807, 2.05) is 4.90 Å². The van der Waals surface area contributed by atoms with Crippen LogP contribution in [0.1, 0.15) is 0 Å². The molecular formula is C14H21F2N3O2. The van der Waals surface area contributed by atoms with Crippen molar-refractivity contribution in [3.63, 3.8) is 0 Å². The van der Waals surface area contributed by atoms with Crippen molar-refractivity contribution in [1.29, 1.82) is 0 Å². The van der Waals surface area contributed by atoms with E-state index in [0.29, 0.717) is 17.4 Å². The number of piperazine rings is 1. The average Bonchev–Trinajstić information content (AvgIpc) is 2.37. The van der Waals surface area contributed by atoms with Crippen molar-refractivity contribution >= 4 is 0 Å². The first-order chi connectivity index (χ1) is 10.1. The summed E-state index contributed by atoms with van der Waals surface area (Å²) in [6, 6.07) is 0.497. The molecule has 0 atom stereocenters. The van der Waals surface area contributed by atoms with Crippen molar-refractivity contribution in [2.45, 2.75) is 12.7 Å². The molecule has 2 aliphatic heterocycles. The summed E-state index contributed by atoms with van der Waals surface area (Å²) < 4.78 is 33.9. The zero-order valence-electron chi connectivity index (χ0n) is 11.9. The van der Waals surface area contributed by atoms with Crippen LogP contribution in [-0.2, 0) is 9.47 Å². The molecule has 118 valence electrons. The Kier molecular flexibility index (Phi) is 5.58. The van der Waals surface area contributed by atoms with Gasteiger partial charge in [0, 0.05) is 31.9 Å². The highest BCUT2D eigenvalue weighted by Gasteiger charge is 2.29. The van der Waals surface area contributed by atoms with Crippen LogP contribution in [0.5, 0.6) is 0 Å². The number of ether oxygens (including phenoxy) is 2. The molecule has 2 aliphatic rings. The number of nitrogens with zero attached hydrogens (tertiary/aromatic N) is 2. The molecule has 0 aromatic rings. The largest absolute Gasteiger partial charge is 0.441 e. The fraction of sp³-hybridized carbons (Fsp3) is 0.571. The number of halogens is 2. The summed E-state index contributed by atoms with van der Waals surface area (Å²) in [5.41, 5.74) is 6.41. The van der Waals surface area contributed by atoms with Gasteiger partial charge in [0.1, 0.15) is 6.26 Å². The van der Waals surface area contributed by atoms with Gasteiger partial charge in [0.05, 0.1) is 25.0 Å². The van der Waals surface area contributed by atoms with E-state index in [4.69, 9.17) is 10.5 Å². The van der Waals surface area contributed by atoms with Gasteiger partial charge < -0.3 is 20.1 Å². The quantitative estimate of drug-likeness (QED) is 0.588. The summed E-state index contributed by atoms with van der Waals surface area (Å²) in [7, 11) is 0. The second-order valence-electron chi connectivity index (χ2n) is 5.06. The highest BCUT2D eigenvalue weighted by atomic mass is 19.3. The predicted molar refractivity (Wildman–Crippen MR) is 75.4 cm³/mol. The molecule has 0 bridgehead atoms. The number of nitrogens with two attached hydrogens (primary N) is 1. The molecule has 0 radical (unpaired) electrons. The zero-order chi connectivity index (χ0) is 15.2. The predicted octanol–water partition coefficient (Wildman–Crippen LogP) is 1.11. The summed E-state index contributed by atoms with van der Waals surface area (Å²) in [5, 5.41) is 0. The van der Waals surface area contributed by atoms with Crippen molar-refractivity contribution in [3.8, 4) is 0 Å². The first-order valence-corrected chi connectivity index (χ1v) is 6.89. The van der Waals surface area contributed by atoms with E-state index >= 15 is 0 Å². The summed E-state index contributed by atoms with van der Waals surface area (Å²) >= 11 is 0. The maximum atomic E-state index is 12.2. The Balaban J connectivity index is 1.93. The van der Waals surface area contributed by atoms with Crippen LogP contribution in [0.3, 0.4) is 0 Å². The normalized spacial score (nSPS) is 21.9. The second kappa shape index (κ2) is 7.42. The molecule has 5 nitrogen and oxygen atoms in total. The van der Waals surface area contributed by atoms with E-state index in [-0.39, 0.29) is 0 Å². The van der Waals surface area contributed by atoms with E-state index in [0.717, 1.165) is 45.7 Å². The molecule has 0 aromatic heterocycles. The lowest BCUT2D eigenvalue weighted by Crippen LogP contribution is -2.56. The molecule has 2 rings (SSSR count). The van der Waals surface area contributed by atoms with Crippen LogP contribution in [0.25, 0.3) is 0 Å². The SMILES string of the molecule is C=C(N)/C=C\C(=C\OC(F)F)N1CCN(C2COC2)CC1. The number of alkyl halides is 2. The molecular weight excluding hydrogens is 280 g/mol. The van der Waals surface area contributed by atoms with Crippen LogP contribution < -0.4 is 5.73 Å². The van der Waals surface area contributed by atoms with Crippen molar-refractivity contribution in [1.82, 2.24) is 9.80 Å². The number of allylic oxidation sites excluding steroid dienone is 2. The van der Waals surface area contributed by atoms with Gasteiger partial charge in [0.15, 0.2) is 0 Å². The van der Waals surface area contributed by atoms with Crippen LogP contribution in [-0.4, -0.2) is 61.8 Å². The highest BCUT2D eigenvalue weighted by molar-refractivity contribution is 5.23. The van der Waals surface area contributed by atoms with Gasteiger partial charge in [0.25, 0.3) is 0 Å². The lowest BCUT2D eigenvalue weighted by Gasteiger charge is -2.43. The van der Waals surface area contributed by atoms with E-state index in [1.165, 1.54) is 0 Å². The first kappa shape index (κ1) is 15.8. The van der Waals surface area contributed by atoms with Crippen LogP contribution in [0.4, 0.5) is 8.78 Å². The van der Waals surface area contributed by atoms with Crippen LogP contribution >= 0.6 is 0 Å². The topological polar surface area (TPSA) is 51.0 Å². The molecule has 2 heterocycles. The van der Waals surface area contributed by atoms with E-state index in [9.17, 15) is 8.78 Å². The van der Waals surface area contributed by atoms with Gasteiger partial charge in [0.2, 0.25) is 0 Å². The Morgan fingerprint density at radius 3 is 2.38 bits per heavy atom. The van der Waals surface area contributed by atoms with Crippen LogP contribution in [0, 0.1) is 0 Å². The third-order valence-corrected chi connectivity index (χ3v) is 3.58. The van der Waals surface area contributed by atoms with Crippen molar-refractivity contribution < 1.29 is 18.3 Å². The number of hydrogen-bond donors (Lipinski definition) is 1. The minimum absolute atomic E-state index is 0.364. The third-order valence-electron chi connectivity index (χ3n) is 3.58. The number of hydrogen-bond acceptors (Lipinski definition) is 5. The monoisotopic (exact) mass is 301 g/mol. The van der Waals surface area contributed by atoms with Crippen LogP contribution in [0.15, 0.2) is 36.4 Å². The van der Waals surface area contributed by atoms with Gasteiger partial charge in [-0.25, -0.2) is 0 Å². The lowest BCUT2D eigenvalue weighted by atomic mass is 10.1. The maximum absolute atomic E-state index is 12.2. The molecule has 0 spiro atoms. The third kappa shape index (κ3) is 4.71. The van der Waals surface area contributed by atoms with Gasteiger partial charge >= 0.3 is 6.61 Å². The minimum Gasteiger partial charge on any atom is -0.441 e. The van der Waals surface area contributed by atoms with Gasteiger partial charge in [-0.15, -0.1) is 0 Å². The van der Waals surface area contributed by atoms with Crippen LogP contribution in [0.2, 0.25) is 0 Å². The Bertz CT molecular complexity index is 414. The molecule has 0 aliphatic carbocycles. The second-order valence-corrected chi connectivity index (χ2v) is 5.06. The van der Waals surface area contributed by atoms with E-state index in [1.54, 1.807) is 12.2 Å². The first-order valence-electron chi connectivity index (χ1n) is 6.89. The maximum Gasteiger partial charge on any atom is 0.387 e.